The van der Waals surface area contributed by atoms with E-state index in [0.717, 1.165) is 28.1 Å². The molecule has 0 spiro atoms. The van der Waals surface area contributed by atoms with Crippen LogP contribution in [0.5, 0.6) is 0 Å². The summed E-state index contributed by atoms with van der Waals surface area (Å²) in [6.45, 7) is 1.69. The number of hydrogen-bond acceptors (Lipinski definition) is 5. The molecule has 2 rings (SSSR count). The number of rotatable bonds is 7. The highest BCUT2D eigenvalue weighted by Gasteiger charge is 2.26. The summed E-state index contributed by atoms with van der Waals surface area (Å²) < 4.78 is 44.5. The van der Waals surface area contributed by atoms with Gasteiger partial charge in [0.15, 0.2) is 6.10 Å². The van der Waals surface area contributed by atoms with Crippen molar-refractivity contribution in [1.29, 1.82) is 0 Å². The summed E-state index contributed by atoms with van der Waals surface area (Å²) in [5.41, 5.74) is 0.341. The molecule has 1 atom stereocenters. The van der Waals surface area contributed by atoms with Crippen LogP contribution in [0, 0.1) is 5.82 Å². The summed E-state index contributed by atoms with van der Waals surface area (Å²) in [6, 6.07) is 12.1. The zero-order valence-electron chi connectivity index (χ0n) is 16.6. The first-order valence-electron chi connectivity index (χ1n) is 8.76. The lowest BCUT2D eigenvalue weighted by atomic mass is 10.2. The fraction of sp³-hybridized carbons (Fsp3) is 0.300. The van der Waals surface area contributed by atoms with Crippen molar-refractivity contribution in [3.63, 3.8) is 0 Å². The lowest BCUT2D eigenvalue weighted by molar-refractivity contribution is -0.139. The molecule has 29 heavy (non-hydrogen) atoms. The molecule has 7 nitrogen and oxygen atoms in total. The fourth-order valence-electron chi connectivity index (χ4n) is 2.55. The van der Waals surface area contributed by atoms with Crippen LogP contribution in [-0.2, 0) is 26.1 Å². The molecule has 0 saturated carbocycles. The Morgan fingerprint density at radius 3 is 2.28 bits per heavy atom. The zero-order valence-corrected chi connectivity index (χ0v) is 17.4. The normalized spacial score (nSPS) is 12.5. The standard InChI is InChI=1S/C20H23FN2O5S/c1-14(19(24)23(4)13-15-8-6-5-7-9-15)28-20(25)17-12-16(10-11-18(17)21)29(26,27)22(2)3/h5-12,14H,13H2,1-4H3/t14-/m1/s1. The van der Waals surface area contributed by atoms with E-state index in [1.807, 2.05) is 30.3 Å². The molecule has 9 heteroatoms. The second-order valence-electron chi connectivity index (χ2n) is 6.66. The van der Waals surface area contributed by atoms with Crippen molar-refractivity contribution in [1.82, 2.24) is 9.21 Å². The van der Waals surface area contributed by atoms with Crippen molar-refractivity contribution in [2.75, 3.05) is 21.1 Å². The first-order valence-corrected chi connectivity index (χ1v) is 10.2. The van der Waals surface area contributed by atoms with Crippen molar-refractivity contribution in [3.05, 3.63) is 65.5 Å². The lowest BCUT2D eigenvalue weighted by Crippen LogP contribution is -2.37. The summed E-state index contributed by atoms with van der Waals surface area (Å²) in [6.07, 6.45) is -1.18. The van der Waals surface area contributed by atoms with E-state index in [4.69, 9.17) is 4.74 Å². The Bertz CT molecular complexity index is 993. The van der Waals surface area contributed by atoms with Crippen molar-refractivity contribution < 1.29 is 27.1 Å². The summed E-state index contributed by atoms with van der Waals surface area (Å²) >= 11 is 0. The highest BCUT2D eigenvalue weighted by Crippen LogP contribution is 2.19. The SMILES string of the molecule is C[C@@H](OC(=O)c1cc(S(=O)(=O)N(C)C)ccc1F)C(=O)N(C)Cc1ccccc1. The minimum Gasteiger partial charge on any atom is -0.449 e. The van der Waals surface area contributed by atoms with Crippen molar-refractivity contribution in [3.8, 4) is 0 Å². The van der Waals surface area contributed by atoms with Crippen LogP contribution in [0.3, 0.4) is 0 Å². The molecule has 1 amide bonds. The predicted molar refractivity (Wildman–Crippen MR) is 105 cm³/mol. The molecule has 0 N–H and O–H groups in total. The van der Waals surface area contributed by atoms with Gasteiger partial charge in [-0.2, -0.15) is 0 Å². The zero-order chi connectivity index (χ0) is 21.8. The molecular formula is C20H23FN2O5S. The third kappa shape index (κ3) is 5.39. The minimum atomic E-state index is -3.86. The summed E-state index contributed by atoms with van der Waals surface area (Å²) in [7, 11) is 0.340. The maximum atomic E-state index is 14.1. The van der Waals surface area contributed by atoms with Gasteiger partial charge in [-0.05, 0) is 30.7 Å². The van der Waals surface area contributed by atoms with Gasteiger partial charge in [-0.1, -0.05) is 30.3 Å². The van der Waals surface area contributed by atoms with E-state index in [-0.39, 0.29) is 4.90 Å². The molecule has 0 radical (unpaired) electrons. The first kappa shape index (κ1) is 22.5. The number of likely N-dealkylation sites (N-methyl/N-ethyl adjacent to an activating group) is 1. The van der Waals surface area contributed by atoms with Gasteiger partial charge in [-0.15, -0.1) is 0 Å². The van der Waals surface area contributed by atoms with Gasteiger partial charge in [0.1, 0.15) is 5.82 Å². The first-order chi connectivity index (χ1) is 13.5. The third-order valence-corrected chi connectivity index (χ3v) is 6.02. The topological polar surface area (TPSA) is 84.0 Å². The predicted octanol–water partition coefficient (Wildman–Crippen LogP) is 2.28. The number of esters is 1. The Balaban J connectivity index is 2.13. The molecule has 0 aromatic heterocycles. The molecule has 2 aromatic carbocycles. The third-order valence-electron chi connectivity index (χ3n) is 4.21. The number of halogens is 1. The number of benzene rings is 2. The van der Waals surface area contributed by atoms with Crippen molar-refractivity contribution in [2.45, 2.75) is 24.5 Å². The van der Waals surface area contributed by atoms with E-state index in [0.29, 0.717) is 6.54 Å². The monoisotopic (exact) mass is 422 g/mol. The second kappa shape index (κ2) is 9.15. The molecule has 0 saturated heterocycles. The minimum absolute atomic E-state index is 0.254. The number of nitrogens with zero attached hydrogens (tertiary/aromatic N) is 2. The summed E-state index contributed by atoms with van der Waals surface area (Å²) in [4.78, 5) is 26.0. The van der Waals surface area contributed by atoms with Crippen LogP contribution in [0.25, 0.3) is 0 Å². The fourth-order valence-corrected chi connectivity index (χ4v) is 3.48. The smallest absolute Gasteiger partial charge is 0.341 e. The van der Waals surface area contributed by atoms with Crippen LogP contribution in [0.2, 0.25) is 0 Å². The average Bonchev–Trinajstić information content (AvgIpc) is 2.67. The van der Waals surface area contributed by atoms with Gasteiger partial charge in [0, 0.05) is 27.7 Å². The number of amides is 1. The molecule has 2 aromatic rings. The van der Waals surface area contributed by atoms with Crippen LogP contribution in [0.15, 0.2) is 53.4 Å². The van der Waals surface area contributed by atoms with E-state index < -0.39 is 39.4 Å². The number of sulfonamides is 1. The largest absolute Gasteiger partial charge is 0.449 e. The Kier molecular flexibility index (Phi) is 7.10. The summed E-state index contributed by atoms with van der Waals surface area (Å²) in [5.74, 6) is -2.53. The van der Waals surface area contributed by atoms with E-state index in [1.165, 1.54) is 25.9 Å². The quantitative estimate of drug-likeness (QED) is 0.639. The summed E-state index contributed by atoms with van der Waals surface area (Å²) in [5, 5.41) is 0. The van der Waals surface area contributed by atoms with Gasteiger partial charge in [-0.3, -0.25) is 4.79 Å². The molecular weight excluding hydrogens is 399 g/mol. The Labute approximate surface area is 169 Å². The molecule has 0 fully saturated rings. The number of carbonyl (C=O) groups excluding carboxylic acids is 2. The number of hydrogen-bond donors (Lipinski definition) is 0. The van der Waals surface area contributed by atoms with E-state index in [2.05, 4.69) is 0 Å². The van der Waals surface area contributed by atoms with Gasteiger partial charge in [0.2, 0.25) is 10.0 Å². The lowest BCUT2D eigenvalue weighted by Gasteiger charge is -2.21. The van der Waals surface area contributed by atoms with Gasteiger partial charge < -0.3 is 9.64 Å². The van der Waals surface area contributed by atoms with Crippen LogP contribution in [0.1, 0.15) is 22.8 Å². The highest BCUT2D eigenvalue weighted by molar-refractivity contribution is 7.89. The van der Waals surface area contributed by atoms with Crippen LogP contribution in [-0.4, -0.2) is 56.7 Å². The van der Waals surface area contributed by atoms with Gasteiger partial charge in [-0.25, -0.2) is 21.9 Å². The molecule has 0 unspecified atom stereocenters. The van der Waals surface area contributed by atoms with E-state index in [1.54, 1.807) is 7.05 Å². The second-order valence-corrected chi connectivity index (χ2v) is 8.81. The van der Waals surface area contributed by atoms with Gasteiger partial charge in [0.05, 0.1) is 10.5 Å². The molecule has 0 heterocycles. The molecule has 156 valence electrons. The van der Waals surface area contributed by atoms with E-state index in [9.17, 15) is 22.4 Å². The van der Waals surface area contributed by atoms with Crippen molar-refractivity contribution in [2.24, 2.45) is 0 Å². The van der Waals surface area contributed by atoms with Crippen LogP contribution < -0.4 is 0 Å². The molecule has 0 aliphatic heterocycles. The Hall–Kier alpha value is -2.78. The highest BCUT2D eigenvalue weighted by atomic mass is 32.2. The van der Waals surface area contributed by atoms with Crippen LogP contribution in [0.4, 0.5) is 4.39 Å². The molecule has 0 aliphatic carbocycles. The average molecular weight is 422 g/mol. The Morgan fingerprint density at radius 1 is 1.07 bits per heavy atom. The van der Waals surface area contributed by atoms with Gasteiger partial charge in [0.25, 0.3) is 5.91 Å². The van der Waals surface area contributed by atoms with Crippen molar-refractivity contribution >= 4 is 21.9 Å². The number of ether oxygens (including phenoxy) is 1. The van der Waals surface area contributed by atoms with Crippen LogP contribution >= 0.6 is 0 Å². The van der Waals surface area contributed by atoms with E-state index >= 15 is 0 Å². The Morgan fingerprint density at radius 2 is 1.69 bits per heavy atom. The molecule has 0 aliphatic rings. The maximum absolute atomic E-state index is 14.1. The maximum Gasteiger partial charge on any atom is 0.341 e. The molecule has 0 bridgehead atoms. The number of carbonyl (C=O) groups is 2. The van der Waals surface area contributed by atoms with Gasteiger partial charge >= 0.3 is 5.97 Å².